The third kappa shape index (κ3) is 5.24. The first-order valence-corrected chi connectivity index (χ1v) is 5.93. The Morgan fingerprint density at radius 3 is 2.56 bits per heavy atom. The van der Waals surface area contributed by atoms with Gasteiger partial charge in [0.15, 0.2) is 5.96 Å². The Labute approximate surface area is 127 Å². The summed E-state index contributed by atoms with van der Waals surface area (Å²) in [5, 5.41) is 7.73. The maximum atomic E-state index is 4.43. The van der Waals surface area contributed by atoms with Gasteiger partial charge in [-0.2, -0.15) is 5.10 Å². The Balaban J connectivity index is 0.00000289. The second-order valence-electron chi connectivity index (χ2n) is 4.37. The van der Waals surface area contributed by atoms with Gasteiger partial charge in [-0.05, 0) is 26.3 Å². The predicted molar refractivity (Wildman–Crippen MR) is 86.8 cm³/mol. The molecule has 6 heteroatoms. The third-order valence-corrected chi connectivity index (χ3v) is 2.57. The highest BCUT2D eigenvalue weighted by Gasteiger charge is 2.01. The fourth-order valence-electron chi connectivity index (χ4n) is 1.77. The maximum Gasteiger partial charge on any atom is 0.193 e. The summed E-state index contributed by atoms with van der Waals surface area (Å²) in [6.45, 7) is 5.96. The lowest BCUT2D eigenvalue weighted by Crippen LogP contribution is -2.37. The first-order chi connectivity index (χ1) is 8.04. The van der Waals surface area contributed by atoms with E-state index in [9.17, 15) is 0 Å². The van der Waals surface area contributed by atoms with E-state index >= 15 is 0 Å². The molecule has 0 amide bonds. The lowest BCUT2D eigenvalue weighted by Gasteiger charge is -2.16. The largest absolute Gasteiger partial charge is 0.356 e. The van der Waals surface area contributed by atoms with Gasteiger partial charge in [0.05, 0.1) is 5.69 Å². The zero-order valence-corrected chi connectivity index (χ0v) is 14.2. The number of nitrogens with zero attached hydrogens (tertiary/aromatic N) is 4. The first-order valence-electron chi connectivity index (χ1n) is 5.93. The molecule has 104 valence electrons. The molecule has 1 N–H and O–H groups in total. The van der Waals surface area contributed by atoms with Crippen molar-refractivity contribution in [3.63, 3.8) is 0 Å². The number of rotatable bonds is 4. The number of hydrogen-bond donors (Lipinski definition) is 1. The highest BCUT2D eigenvalue weighted by Crippen LogP contribution is 2.02. The predicted octanol–water partition coefficient (Wildman–Crippen LogP) is 1.65. The van der Waals surface area contributed by atoms with Gasteiger partial charge < -0.3 is 10.2 Å². The summed E-state index contributed by atoms with van der Waals surface area (Å²) in [5.74, 6) is 0.915. The molecular formula is C12H24IN5. The van der Waals surface area contributed by atoms with Crippen LogP contribution in [-0.4, -0.2) is 48.3 Å². The standard InChI is InChI=1S/C12H23N5.HI/c1-10-9-11(2)17(15-10)8-6-7-14-12(13-3)16(4)5;/h9H,6-8H2,1-5H3,(H,13,14);1H. The number of aromatic nitrogens is 2. The van der Waals surface area contributed by atoms with E-state index in [0.29, 0.717) is 0 Å². The molecule has 0 aromatic carbocycles. The molecule has 0 aliphatic rings. The van der Waals surface area contributed by atoms with Crippen LogP contribution in [0.1, 0.15) is 17.8 Å². The van der Waals surface area contributed by atoms with Crippen molar-refractivity contribution < 1.29 is 0 Å². The Hall–Kier alpha value is -0.790. The van der Waals surface area contributed by atoms with Gasteiger partial charge in [-0.25, -0.2) is 0 Å². The molecule has 0 aliphatic heterocycles. The van der Waals surface area contributed by atoms with Crippen molar-refractivity contribution in [2.75, 3.05) is 27.7 Å². The molecule has 18 heavy (non-hydrogen) atoms. The zero-order valence-electron chi connectivity index (χ0n) is 11.9. The molecule has 0 atom stereocenters. The van der Waals surface area contributed by atoms with Crippen molar-refractivity contribution in [1.82, 2.24) is 20.0 Å². The van der Waals surface area contributed by atoms with Crippen LogP contribution in [0.2, 0.25) is 0 Å². The molecular weight excluding hydrogens is 341 g/mol. The van der Waals surface area contributed by atoms with Gasteiger partial charge in [0.1, 0.15) is 0 Å². The zero-order chi connectivity index (χ0) is 12.8. The molecule has 1 heterocycles. The first kappa shape index (κ1) is 17.2. The number of aliphatic imine (C=N–C) groups is 1. The molecule has 0 saturated carbocycles. The van der Waals surface area contributed by atoms with E-state index in [4.69, 9.17) is 0 Å². The molecule has 1 aromatic rings. The fraction of sp³-hybridized carbons (Fsp3) is 0.667. The number of nitrogens with one attached hydrogen (secondary N) is 1. The normalized spacial score (nSPS) is 11.1. The van der Waals surface area contributed by atoms with Crippen molar-refractivity contribution >= 4 is 29.9 Å². The van der Waals surface area contributed by atoms with Crippen LogP contribution in [0.3, 0.4) is 0 Å². The molecule has 0 spiro atoms. The van der Waals surface area contributed by atoms with Crippen molar-refractivity contribution in [2.24, 2.45) is 4.99 Å². The van der Waals surface area contributed by atoms with Crippen molar-refractivity contribution in [3.8, 4) is 0 Å². The molecule has 0 unspecified atom stereocenters. The molecule has 0 aliphatic carbocycles. The minimum Gasteiger partial charge on any atom is -0.356 e. The summed E-state index contributed by atoms with van der Waals surface area (Å²) >= 11 is 0. The lowest BCUT2D eigenvalue weighted by atomic mass is 10.4. The van der Waals surface area contributed by atoms with Crippen LogP contribution in [0.15, 0.2) is 11.1 Å². The minimum atomic E-state index is 0. The SMILES string of the molecule is CN=C(NCCCn1nc(C)cc1C)N(C)C.I. The lowest BCUT2D eigenvalue weighted by molar-refractivity contribution is 0.536. The average molecular weight is 365 g/mol. The highest BCUT2D eigenvalue weighted by molar-refractivity contribution is 14.0. The average Bonchev–Trinajstić information content (AvgIpc) is 2.57. The van der Waals surface area contributed by atoms with Crippen molar-refractivity contribution in [2.45, 2.75) is 26.8 Å². The maximum absolute atomic E-state index is 4.43. The number of halogens is 1. The molecule has 1 rings (SSSR count). The van der Waals surface area contributed by atoms with Gasteiger partial charge in [0.25, 0.3) is 0 Å². The van der Waals surface area contributed by atoms with E-state index < -0.39 is 0 Å². The van der Waals surface area contributed by atoms with E-state index in [0.717, 1.165) is 31.2 Å². The summed E-state index contributed by atoms with van der Waals surface area (Å²) < 4.78 is 2.05. The van der Waals surface area contributed by atoms with Crippen molar-refractivity contribution in [3.05, 3.63) is 17.5 Å². The van der Waals surface area contributed by atoms with E-state index in [-0.39, 0.29) is 24.0 Å². The van der Waals surface area contributed by atoms with Crippen molar-refractivity contribution in [1.29, 1.82) is 0 Å². The van der Waals surface area contributed by atoms with Crippen LogP contribution in [0.25, 0.3) is 0 Å². The Kier molecular flexibility index (Phi) is 7.97. The van der Waals surface area contributed by atoms with Crippen LogP contribution in [-0.2, 0) is 6.54 Å². The Morgan fingerprint density at radius 2 is 2.11 bits per heavy atom. The van der Waals surface area contributed by atoms with E-state index in [1.165, 1.54) is 5.69 Å². The smallest absolute Gasteiger partial charge is 0.193 e. The molecule has 0 bridgehead atoms. The minimum absolute atomic E-state index is 0. The monoisotopic (exact) mass is 365 g/mol. The molecule has 0 radical (unpaired) electrons. The van der Waals surface area contributed by atoms with Crippen LogP contribution < -0.4 is 5.32 Å². The fourth-order valence-corrected chi connectivity index (χ4v) is 1.77. The van der Waals surface area contributed by atoms with Crippen LogP contribution in [0.4, 0.5) is 0 Å². The number of hydrogen-bond acceptors (Lipinski definition) is 2. The number of guanidine groups is 1. The summed E-state index contributed by atoms with van der Waals surface area (Å²) in [4.78, 5) is 6.14. The van der Waals surface area contributed by atoms with Gasteiger partial charge >= 0.3 is 0 Å². The summed E-state index contributed by atoms with van der Waals surface area (Å²) in [7, 11) is 5.76. The summed E-state index contributed by atoms with van der Waals surface area (Å²) in [6, 6.07) is 2.10. The van der Waals surface area contributed by atoms with Gasteiger partial charge in [0.2, 0.25) is 0 Å². The summed E-state index contributed by atoms with van der Waals surface area (Å²) in [6.07, 6.45) is 1.04. The van der Waals surface area contributed by atoms with Gasteiger partial charge in [-0.1, -0.05) is 0 Å². The van der Waals surface area contributed by atoms with E-state index in [1.807, 2.05) is 25.9 Å². The van der Waals surface area contributed by atoms with Gasteiger partial charge in [0, 0.05) is 39.9 Å². The van der Waals surface area contributed by atoms with E-state index in [1.54, 1.807) is 7.05 Å². The molecule has 5 nitrogen and oxygen atoms in total. The van der Waals surface area contributed by atoms with Gasteiger partial charge in [-0.3, -0.25) is 9.67 Å². The number of aryl methyl sites for hydroxylation is 3. The van der Waals surface area contributed by atoms with Crippen LogP contribution in [0.5, 0.6) is 0 Å². The molecule has 0 saturated heterocycles. The third-order valence-electron chi connectivity index (χ3n) is 2.57. The van der Waals surface area contributed by atoms with E-state index in [2.05, 4.69) is 33.1 Å². The second kappa shape index (κ2) is 8.34. The topological polar surface area (TPSA) is 45.5 Å². The highest BCUT2D eigenvalue weighted by atomic mass is 127. The molecule has 0 fully saturated rings. The summed E-state index contributed by atoms with van der Waals surface area (Å²) in [5.41, 5.74) is 2.30. The molecule has 1 aromatic heterocycles. The van der Waals surface area contributed by atoms with Gasteiger partial charge in [-0.15, -0.1) is 24.0 Å². The quantitative estimate of drug-likeness (QED) is 0.382. The second-order valence-corrected chi connectivity index (χ2v) is 4.37. The Bertz CT molecular complexity index is 384. The van der Waals surface area contributed by atoms with Crippen LogP contribution in [0, 0.1) is 13.8 Å². The Morgan fingerprint density at radius 1 is 1.44 bits per heavy atom. The van der Waals surface area contributed by atoms with Crippen LogP contribution >= 0.6 is 24.0 Å².